The fourth-order valence-corrected chi connectivity index (χ4v) is 2.13. The molecule has 2 heterocycles. The third-order valence-electron chi connectivity index (χ3n) is 2.77. The molecule has 0 aliphatic carbocycles. The Hall–Kier alpha value is -0.920. The molecule has 2 unspecified atom stereocenters. The fraction of sp³-hybridized carbons (Fsp3) is 0.600. The number of hydrogen-bond acceptors (Lipinski definition) is 4. The number of aliphatic hydroxyl groups is 1. The lowest BCUT2D eigenvalue weighted by Gasteiger charge is -2.13. The number of β-amino-alcohol motifs (C(OH)–C–C–N with tert-alkyl or cyclic N) is 1. The minimum Gasteiger partial charge on any atom is -0.391 e. The van der Waals surface area contributed by atoms with Gasteiger partial charge in [-0.15, -0.1) is 0 Å². The van der Waals surface area contributed by atoms with Crippen molar-refractivity contribution < 1.29 is 9.90 Å². The molecular formula is C10H15BrN4O2. The molecule has 94 valence electrons. The van der Waals surface area contributed by atoms with E-state index in [0.29, 0.717) is 13.1 Å². The normalized spacial score (nSPS) is 23.9. The van der Waals surface area contributed by atoms with Crippen LogP contribution in [0.4, 0.5) is 0 Å². The number of carbonyl (C=O) groups excluding carboxylic acids is 1. The standard InChI is InChI=1S/C10H15BrN4O2/c11-8-3-14-15(5-8)6-10(17)13-2-7-1-12-4-9(7)16/h3,5,7,9,12,16H,1-2,4,6H2,(H,13,17). The second kappa shape index (κ2) is 5.61. The monoisotopic (exact) mass is 302 g/mol. The van der Waals surface area contributed by atoms with E-state index in [1.807, 2.05) is 0 Å². The lowest BCUT2D eigenvalue weighted by atomic mass is 10.1. The van der Waals surface area contributed by atoms with E-state index >= 15 is 0 Å². The molecule has 1 fully saturated rings. The molecule has 17 heavy (non-hydrogen) atoms. The third kappa shape index (κ3) is 3.52. The van der Waals surface area contributed by atoms with Crippen LogP contribution in [0.3, 0.4) is 0 Å². The predicted octanol–water partition coefficient (Wildman–Crippen LogP) is -0.658. The van der Waals surface area contributed by atoms with Gasteiger partial charge in [-0.25, -0.2) is 0 Å². The van der Waals surface area contributed by atoms with Crippen molar-refractivity contribution in [2.75, 3.05) is 19.6 Å². The number of aromatic nitrogens is 2. The molecule has 0 spiro atoms. The van der Waals surface area contributed by atoms with Gasteiger partial charge in [-0.3, -0.25) is 9.48 Å². The van der Waals surface area contributed by atoms with Crippen molar-refractivity contribution in [2.24, 2.45) is 5.92 Å². The Morgan fingerprint density at radius 3 is 3.12 bits per heavy atom. The summed E-state index contributed by atoms with van der Waals surface area (Å²) in [4.78, 5) is 11.6. The fourth-order valence-electron chi connectivity index (χ4n) is 1.80. The van der Waals surface area contributed by atoms with Crippen LogP contribution in [-0.4, -0.2) is 46.5 Å². The van der Waals surface area contributed by atoms with Crippen LogP contribution in [0.1, 0.15) is 0 Å². The van der Waals surface area contributed by atoms with Gasteiger partial charge in [0.15, 0.2) is 0 Å². The van der Waals surface area contributed by atoms with Gasteiger partial charge in [-0.2, -0.15) is 5.10 Å². The molecule has 0 aromatic carbocycles. The zero-order valence-electron chi connectivity index (χ0n) is 9.27. The van der Waals surface area contributed by atoms with Gasteiger partial charge in [0.2, 0.25) is 5.91 Å². The van der Waals surface area contributed by atoms with Gasteiger partial charge in [-0.1, -0.05) is 0 Å². The second-order valence-corrected chi connectivity index (χ2v) is 5.06. The van der Waals surface area contributed by atoms with E-state index in [1.165, 1.54) is 0 Å². The van der Waals surface area contributed by atoms with Gasteiger partial charge in [0.05, 0.1) is 16.8 Å². The molecule has 0 bridgehead atoms. The molecule has 1 saturated heterocycles. The quantitative estimate of drug-likeness (QED) is 0.690. The number of nitrogens with one attached hydrogen (secondary N) is 2. The zero-order chi connectivity index (χ0) is 12.3. The summed E-state index contributed by atoms with van der Waals surface area (Å²) in [6.07, 6.45) is 3.01. The van der Waals surface area contributed by atoms with Crippen LogP contribution in [0, 0.1) is 5.92 Å². The van der Waals surface area contributed by atoms with Crippen LogP contribution in [0.15, 0.2) is 16.9 Å². The summed E-state index contributed by atoms with van der Waals surface area (Å²) in [6.45, 7) is 2.04. The van der Waals surface area contributed by atoms with E-state index in [9.17, 15) is 9.90 Å². The maximum Gasteiger partial charge on any atom is 0.241 e. The van der Waals surface area contributed by atoms with Gasteiger partial charge >= 0.3 is 0 Å². The Morgan fingerprint density at radius 1 is 1.71 bits per heavy atom. The molecule has 1 aromatic heterocycles. The summed E-state index contributed by atoms with van der Waals surface area (Å²) < 4.78 is 2.41. The highest BCUT2D eigenvalue weighted by Gasteiger charge is 2.24. The number of rotatable bonds is 4. The maximum atomic E-state index is 11.6. The summed E-state index contributed by atoms with van der Waals surface area (Å²) in [5.41, 5.74) is 0. The Balaban J connectivity index is 1.74. The molecule has 0 saturated carbocycles. The zero-order valence-corrected chi connectivity index (χ0v) is 10.9. The van der Waals surface area contributed by atoms with Crippen LogP contribution >= 0.6 is 15.9 Å². The SMILES string of the molecule is O=C(Cn1cc(Br)cn1)NCC1CNCC1O. The predicted molar refractivity (Wildman–Crippen MR) is 65.3 cm³/mol. The molecule has 7 heteroatoms. The van der Waals surface area contributed by atoms with E-state index in [1.54, 1.807) is 17.1 Å². The Kier molecular flexibility index (Phi) is 4.14. The first-order valence-corrected chi connectivity index (χ1v) is 6.28. The van der Waals surface area contributed by atoms with Crippen molar-refractivity contribution in [1.82, 2.24) is 20.4 Å². The van der Waals surface area contributed by atoms with Gasteiger partial charge in [0.25, 0.3) is 0 Å². The number of carbonyl (C=O) groups is 1. The van der Waals surface area contributed by atoms with Crippen molar-refractivity contribution in [1.29, 1.82) is 0 Å². The van der Waals surface area contributed by atoms with Crippen molar-refractivity contribution in [3.63, 3.8) is 0 Å². The van der Waals surface area contributed by atoms with Crippen molar-refractivity contribution in [3.05, 3.63) is 16.9 Å². The Bertz CT molecular complexity index is 395. The number of aliphatic hydroxyl groups excluding tert-OH is 1. The Morgan fingerprint density at radius 2 is 2.53 bits per heavy atom. The highest BCUT2D eigenvalue weighted by Crippen LogP contribution is 2.07. The minimum atomic E-state index is -0.367. The maximum absolute atomic E-state index is 11.6. The summed E-state index contributed by atoms with van der Waals surface area (Å²) in [7, 11) is 0. The number of nitrogens with zero attached hydrogens (tertiary/aromatic N) is 2. The summed E-state index contributed by atoms with van der Waals surface area (Å²) in [5.74, 6) is 0.00278. The van der Waals surface area contributed by atoms with E-state index in [2.05, 4.69) is 31.7 Å². The molecular weight excluding hydrogens is 288 g/mol. The number of amides is 1. The highest BCUT2D eigenvalue weighted by molar-refractivity contribution is 9.10. The molecule has 6 nitrogen and oxygen atoms in total. The van der Waals surface area contributed by atoms with Crippen LogP contribution in [-0.2, 0) is 11.3 Å². The van der Waals surface area contributed by atoms with Gasteiger partial charge < -0.3 is 15.7 Å². The highest BCUT2D eigenvalue weighted by atomic mass is 79.9. The van der Waals surface area contributed by atoms with Crippen molar-refractivity contribution in [2.45, 2.75) is 12.6 Å². The van der Waals surface area contributed by atoms with E-state index in [-0.39, 0.29) is 24.5 Å². The second-order valence-electron chi connectivity index (χ2n) is 4.15. The topological polar surface area (TPSA) is 79.2 Å². The van der Waals surface area contributed by atoms with Gasteiger partial charge in [-0.05, 0) is 15.9 Å². The average Bonchev–Trinajstić information content (AvgIpc) is 2.85. The largest absolute Gasteiger partial charge is 0.391 e. The lowest BCUT2D eigenvalue weighted by Crippen LogP contribution is -2.36. The van der Waals surface area contributed by atoms with E-state index in [0.717, 1.165) is 11.0 Å². The average molecular weight is 303 g/mol. The van der Waals surface area contributed by atoms with Crippen LogP contribution in [0.25, 0.3) is 0 Å². The Labute approximate surface area is 108 Å². The van der Waals surface area contributed by atoms with Gasteiger partial charge in [0.1, 0.15) is 6.54 Å². The molecule has 1 aliphatic heterocycles. The lowest BCUT2D eigenvalue weighted by molar-refractivity contribution is -0.122. The summed E-state index contributed by atoms with van der Waals surface area (Å²) in [6, 6.07) is 0. The number of hydrogen-bond donors (Lipinski definition) is 3. The van der Waals surface area contributed by atoms with Crippen molar-refractivity contribution >= 4 is 21.8 Å². The van der Waals surface area contributed by atoms with Crippen LogP contribution in [0.2, 0.25) is 0 Å². The minimum absolute atomic E-state index is 0.0975. The van der Waals surface area contributed by atoms with Crippen LogP contribution < -0.4 is 10.6 Å². The molecule has 2 rings (SSSR count). The first-order chi connectivity index (χ1) is 8.15. The molecule has 2 atom stereocenters. The molecule has 1 aromatic rings. The smallest absolute Gasteiger partial charge is 0.241 e. The molecule has 1 aliphatic rings. The molecule has 3 N–H and O–H groups in total. The summed E-state index contributed by atoms with van der Waals surface area (Å²) >= 11 is 3.27. The first-order valence-electron chi connectivity index (χ1n) is 5.48. The third-order valence-corrected chi connectivity index (χ3v) is 3.18. The van der Waals surface area contributed by atoms with Gasteiger partial charge in [0, 0.05) is 31.7 Å². The summed E-state index contributed by atoms with van der Waals surface area (Å²) in [5, 5.41) is 19.4. The van der Waals surface area contributed by atoms with Crippen LogP contribution in [0.5, 0.6) is 0 Å². The van der Waals surface area contributed by atoms with Crippen molar-refractivity contribution in [3.8, 4) is 0 Å². The number of halogens is 1. The first kappa shape index (κ1) is 12.5. The van der Waals surface area contributed by atoms with E-state index < -0.39 is 0 Å². The molecule has 1 amide bonds. The molecule has 0 radical (unpaired) electrons. The van der Waals surface area contributed by atoms with E-state index in [4.69, 9.17) is 0 Å².